The van der Waals surface area contributed by atoms with Crippen LogP contribution < -0.4 is 15.4 Å². The van der Waals surface area contributed by atoms with Crippen LogP contribution in [0.4, 0.5) is 16.0 Å². The van der Waals surface area contributed by atoms with Gasteiger partial charge in [0.25, 0.3) is 0 Å². The van der Waals surface area contributed by atoms with Crippen LogP contribution in [0.15, 0.2) is 30.7 Å². The fraction of sp³-hybridized carbons (Fsp3) is 0.350. The number of methoxy groups -OCH3 is 1. The van der Waals surface area contributed by atoms with Gasteiger partial charge in [0.1, 0.15) is 27.7 Å². The highest BCUT2D eigenvalue weighted by Crippen LogP contribution is 2.36. The summed E-state index contributed by atoms with van der Waals surface area (Å²) >= 11 is 0. The van der Waals surface area contributed by atoms with E-state index in [0.29, 0.717) is 22.7 Å². The number of anilines is 2. The van der Waals surface area contributed by atoms with E-state index in [1.807, 2.05) is 0 Å². The average molecular weight is 460 g/mol. The maximum atomic E-state index is 14.8. The predicted octanol–water partition coefficient (Wildman–Crippen LogP) is 2.30. The minimum Gasteiger partial charge on any atom is -0.480 e. The SMILES string of the molecule is COc1cnc2c(Nc3cc([C@]4(C)CS(=O)(=O)C(C)(C)C(=N)N4)c(F)cn3)nccc2n1. The van der Waals surface area contributed by atoms with Gasteiger partial charge in [0.15, 0.2) is 15.7 Å². The van der Waals surface area contributed by atoms with Crippen molar-refractivity contribution >= 4 is 38.3 Å². The topological polar surface area (TPSA) is 143 Å². The van der Waals surface area contributed by atoms with Gasteiger partial charge in [-0.25, -0.2) is 32.7 Å². The summed E-state index contributed by atoms with van der Waals surface area (Å²) < 4.78 is 44.1. The molecular weight excluding hydrogens is 437 g/mol. The van der Waals surface area contributed by atoms with Crippen LogP contribution in [-0.2, 0) is 15.4 Å². The minimum atomic E-state index is -3.73. The third kappa shape index (κ3) is 3.49. The second-order valence-electron chi connectivity index (χ2n) is 8.22. The second-order valence-corrected chi connectivity index (χ2v) is 10.8. The van der Waals surface area contributed by atoms with Crippen molar-refractivity contribution in [2.75, 3.05) is 18.2 Å². The summed E-state index contributed by atoms with van der Waals surface area (Å²) in [6, 6.07) is 3.08. The maximum Gasteiger partial charge on any atom is 0.232 e. The number of halogens is 1. The van der Waals surface area contributed by atoms with Crippen LogP contribution in [0.1, 0.15) is 26.3 Å². The number of sulfone groups is 1. The molecular formula is C20H22FN7O3S. The Bertz CT molecular complexity index is 1350. The fourth-order valence-corrected chi connectivity index (χ4v) is 5.20. The zero-order valence-electron chi connectivity index (χ0n) is 17.9. The Morgan fingerprint density at radius 2 is 1.97 bits per heavy atom. The van der Waals surface area contributed by atoms with Crippen LogP contribution in [-0.4, -0.2) is 51.8 Å². The van der Waals surface area contributed by atoms with E-state index in [4.69, 9.17) is 10.1 Å². The number of fused-ring (bicyclic) bond motifs is 1. The maximum absolute atomic E-state index is 14.8. The average Bonchev–Trinajstić information content (AvgIpc) is 2.73. The van der Waals surface area contributed by atoms with Crippen LogP contribution in [0.3, 0.4) is 0 Å². The normalized spacial score (nSPS) is 21.7. The molecule has 0 radical (unpaired) electrons. The van der Waals surface area contributed by atoms with Gasteiger partial charge in [-0.05, 0) is 32.9 Å². The van der Waals surface area contributed by atoms with Crippen molar-refractivity contribution < 1.29 is 17.5 Å². The van der Waals surface area contributed by atoms with Crippen LogP contribution >= 0.6 is 0 Å². The van der Waals surface area contributed by atoms with Crippen LogP contribution in [0.2, 0.25) is 0 Å². The van der Waals surface area contributed by atoms with Crippen LogP contribution in [0, 0.1) is 11.2 Å². The third-order valence-electron chi connectivity index (χ3n) is 5.60. The van der Waals surface area contributed by atoms with E-state index in [2.05, 4.69) is 30.6 Å². The van der Waals surface area contributed by atoms with Crippen LogP contribution in [0.5, 0.6) is 5.88 Å². The first-order chi connectivity index (χ1) is 15.0. The zero-order chi connectivity index (χ0) is 23.3. The summed E-state index contributed by atoms with van der Waals surface area (Å²) in [7, 11) is -2.24. The van der Waals surface area contributed by atoms with E-state index in [1.54, 1.807) is 13.0 Å². The van der Waals surface area contributed by atoms with Gasteiger partial charge in [0.2, 0.25) is 5.88 Å². The summed E-state index contributed by atoms with van der Waals surface area (Å²) in [5, 5.41) is 14.1. The molecule has 10 nitrogen and oxygen atoms in total. The van der Waals surface area contributed by atoms with Crippen molar-refractivity contribution in [2.24, 2.45) is 0 Å². The van der Waals surface area contributed by atoms with Gasteiger partial charge < -0.3 is 15.4 Å². The Labute approximate surface area is 184 Å². The first kappa shape index (κ1) is 21.8. The minimum absolute atomic E-state index is 0.0619. The highest BCUT2D eigenvalue weighted by atomic mass is 32.2. The van der Waals surface area contributed by atoms with Gasteiger partial charge in [-0.1, -0.05) is 0 Å². The molecule has 0 amide bonds. The highest BCUT2D eigenvalue weighted by Gasteiger charge is 2.51. The smallest absolute Gasteiger partial charge is 0.232 e. The molecule has 0 saturated carbocycles. The summed E-state index contributed by atoms with van der Waals surface area (Å²) in [6.45, 7) is 4.45. The molecule has 0 aromatic carbocycles. The Kier molecular flexibility index (Phi) is 4.99. The van der Waals surface area contributed by atoms with E-state index >= 15 is 0 Å². The molecule has 3 aromatic rings. The van der Waals surface area contributed by atoms with E-state index in [-0.39, 0.29) is 23.0 Å². The van der Waals surface area contributed by atoms with Crippen LogP contribution in [0.25, 0.3) is 11.0 Å². The number of ether oxygens (including phenoxy) is 1. The van der Waals surface area contributed by atoms with E-state index < -0.39 is 25.9 Å². The number of aromatic nitrogens is 4. The van der Waals surface area contributed by atoms with E-state index in [0.717, 1.165) is 6.20 Å². The number of amidine groups is 1. The molecule has 0 spiro atoms. The summed E-state index contributed by atoms with van der Waals surface area (Å²) in [5.74, 6) is -0.352. The molecule has 1 aliphatic rings. The molecule has 1 fully saturated rings. The van der Waals surface area contributed by atoms with Gasteiger partial charge in [-0.15, -0.1) is 0 Å². The molecule has 12 heteroatoms. The fourth-order valence-electron chi connectivity index (χ4n) is 3.49. The predicted molar refractivity (Wildman–Crippen MR) is 117 cm³/mol. The largest absolute Gasteiger partial charge is 0.480 e. The molecule has 0 bridgehead atoms. The zero-order valence-corrected chi connectivity index (χ0v) is 18.7. The molecule has 3 N–H and O–H groups in total. The first-order valence-electron chi connectivity index (χ1n) is 9.65. The Hall–Kier alpha value is -3.41. The quantitative estimate of drug-likeness (QED) is 0.535. The Morgan fingerprint density at radius 3 is 2.66 bits per heavy atom. The number of rotatable bonds is 4. The molecule has 1 saturated heterocycles. The lowest BCUT2D eigenvalue weighted by Crippen LogP contribution is -2.64. The standard InChI is InChI=1S/C20H22FN7O3S/c1-19(2)18(22)28-20(3,10-32(19,29)30)11-7-14(24-8-12(11)21)27-17-16-13(5-6-23-17)26-15(31-4)9-25-16/h5-9H,10H2,1-4H3,(H2,22,28)(H,23,24,27)/t20-/m0/s1. The molecule has 4 rings (SSSR count). The molecule has 1 aliphatic heterocycles. The lowest BCUT2D eigenvalue weighted by molar-refractivity contribution is 0.397. The molecule has 32 heavy (non-hydrogen) atoms. The lowest BCUT2D eigenvalue weighted by atomic mass is 9.92. The lowest BCUT2D eigenvalue weighted by Gasteiger charge is -2.43. The number of pyridine rings is 2. The van der Waals surface area contributed by atoms with Crippen molar-refractivity contribution in [1.82, 2.24) is 25.3 Å². The molecule has 0 aliphatic carbocycles. The Morgan fingerprint density at radius 1 is 1.22 bits per heavy atom. The highest BCUT2D eigenvalue weighted by molar-refractivity contribution is 7.93. The number of hydrogen-bond donors (Lipinski definition) is 3. The summed E-state index contributed by atoms with van der Waals surface area (Å²) in [4.78, 5) is 16.9. The molecule has 0 unspecified atom stereocenters. The third-order valence-corrected chi connectivity index (χ3v) is 8.32. The van der Waals surface area contributed by atoms with E-state index in [9.17, 15) is 12.8 Å². The van der Waals surface area contributed by atoms with Gasteiger partial charge >= 0.3 is 0 Å². The number of hydrogen-bond acceptors (Lipinski definition) is 9. The van der Waals surface area contributed by atoms with E-state index in [1.165, 1.54) is 39.4 Å². The van der Waals surface area contributed by atoms with Crippen molar-refractivity contribution in [3.63, 3.8) is 0 Å². The molecule has 1 atom stereocenters. The summed E-state index contributed by atoms with van der Waals surface area (Å²) in [5.41, 5.74) is -0.304. The second kappa shape index (κ2) is 7.33. The summed E-state index contributed by atoms with van der Waals surface area (Å²) in [6.07, 6.45) is 3.98. The first-order valence-corrected chi connectivity index (χ1v) is 11.3. The van der Waals surface area contributed by atoms with Gasteiger partial charge in [-0.2, -0.15) is 0 Å². The molecule has 3 aromatic heterocycles. The van der Waals surface area contributed by atoms with Gasteiger partial charge in [-0.3, -0.25) is 5.41 Å². The molecule has 4 heterocycles. The van der Waals surface area contributed by atoms with Crippen molar-refractivity contribution in [3.8, 4) is 5.88 Å². The monoisotopic (exact) mass is 459 g/mol. The van der Waals surface area contributed by atoms with Gasteiger partial charge in [0, 0.05) is 11.8 Å². The van der Waals surface area contributed by atoms with Crippen molar-refractivity contribution in [2.45, 2.75) is 31.1 Å². The number of nitrogens with zero attached hydrogens (tertiary/aromatic N) is 4. The van der Waals surface area contributed by atoms with Gasteiger partial charge in [0.05, 0.1) is 36.3 Å². The molecule has 168 valence electrons. The van der Waals surface area contributed by atoms with Crippen molar-refractivity contribution in [1.29, 1.82) is 5.41 Å². The van der Waals surface area contributed by atoms with Crippen molar-refractivity contribution in [3.05, 3.63) is 42.1 Å². The number of nitrogens with one attached hydrogen (secondary N) is 3. The Balaban J connectivity index is 1.73.